The van der Waals surface area contributed by atoms with Crippen molar-refractivity contribution in [3.63, 3.8) is 0 Å². The predicted octanol–water partition coefficient (Wildman–Crippen LogP) is 4.36. The van der Waals surface area contributed by atoms with E-state index in [0.717, 1.165) is 9.47 Å². The number of Topliss-reactive ketones (excluding diaryl/α,β-unsaturated/α-hetero) is 1. The van der Waals surface area contributed by atoms with E-state index in [1.807, 2.05) is 0 Å². The minimum absolute atomic E-state index is 0.0443. The molecule has 0 aliphatic carbocycles. The molecule has 1 saturated heterocycles. The highest BCUT2D eigenvalue weighted by Gasteiger charge is 2.51. The molecular formula is C21H21ClF3N3O3. The van der Waals surface area contributed by atoms with Gasteiger partial charge in [-0.2, -0.15) is 13.2 Å². The number of aryl methyl sites for hydroxylation is 1. The lowest BCUT2D eigenvalue weighted by Crippen LogP contribution is -2.43. The molecule has 1 aromatic heterocycles. The van der Waals surface area contributed by atoms with E-state index >= 15 is 0 Å². The lowest BCUT2D eigenvalue weighted by molar-refractivity contribution is -0.141. The Bertz CT molecular complexity index is 1050. The maximum Gasteiger partial charge on any atom is 0.406 e. The van der Waals surface area contributed by atoms with Crippen molar-refractivity contribution < 1.29 is 27.6 Å². The zero-order valence-corrected chi connectivity index (χ0v) is 17.9. The smallest absolute Gasteiger partial charge is 0.339 e. The number of alkyl halides is 3. The van der Waals surface area contributed by atoms with Crippen molar-refractivity contribution in [3.05, 3.63) is 57.9 Å². The van der Waals surface area contributed by atoms with Gasteiger partial charge in [-0.05, 0) is 44.0 Å². The number of nitrogens with one attached hydrogen (secondary N) is 1. The van der Waals surface area contributed by atoms with Crippen molar-refractivity contribution in [3.8, 4) is 0 Å². The van der Waals surface area contributed by atoms with Crippen LogP contribution in [0.5, 0.6) is 0 Å². The van der Waals surface area contributed by atoms with Crippen LogP contribution in [0.2, 0.25) is 5.02 Å². The summed E-state index contributed by atoms with van der Waals surface area (Å²) >= 11 is 5.91. The fraction of sp³-hybridized carbons (Fsp3) is 0.381. The summed E-state index contributed by atoms with van der Waals surface area (Å²) in [6, 6.07) is 7.04. The summed E-state index contributed by atoms with van der Waals surface area (Å²) < 4.78 is 39.5. The summed E-state index contributed by atoms with van der Waals surface area (Å²) in [7, 11) is 0. The van der Waals surface area contributed by atoms with Crippen LogP contribution in [0.15, 0.2) is 30.3 Å². The number of imide groups is 1. The largest absolute Gasteiger partial charge is 0.406 e. The molecule has 0 saturated carbocycles. The van der Waals surface area contributed by atoms with Crippen molar-refractivity contribution in [2.24, 2.45) is 0 Å². The Morgan fingerprint density at radius 3 is 2.32 bits per heavy atom. The molecular weight excluding hydrogens is 435 g/mol. The van der Waals surface area contributed by atoms with Crippen molar-refractivity contribution in [2.45, 2.75) is 45.5 Å². The Hall–Kier alpha value is -2.81. The van der Waals surface area contributed by atoms with Crippen molar-refractivity contribution >= 4 is 29.3 Å². The molecule has 10 heteroatoms. The van der Waals surface area contributed by atoms with Crippen LogP contribution in [0, 0.1) is 13.8 Å². The van der Waals surface area contributed by atoms with Crippen LogP contribution in [0.1, 0.15) is 40.7 Å². The second-order valence-corrected chi connectivity index (χ2v) is 7.93. The Morgan fingerprint density at radius 1 is 1.16 bits per heavy atom. The summed E-state index contributed by atoms with van der Waals surface area (Å²) in [5.41, 5.74) is -0.376. The first-order valence-electron chi connectivity index (χ1n) is 9.56. The summed E-state index contributed by atoms with van der Waals surface area (Å²) in [6.07, 6.45) is -4.21. The Kier molecular flexibility index (Phi) is 5.92. The van der Waals surface area contributed by atoms with Crippen molar-refractivity contribution in [1.82, 2.24) is 14.8 Å². The highest BCUT2D eigenvalue weighted by Crippen LogP contribution is 2.33. The normalized spacial score (nSPS) is 19.1. The fourth-order valence-electron chi connectivity index (χ4n) is 3.88. The van der Waals surface area contributed by atoms with Gasteiger partial charge in [0.05, 0.1) is 6.54 Å². The second-order valence-electron chi connectivity index (χ2n) is 7.50. The summed E-state index contributed by atoms with van der Waals surface area (Å²) in [5.74, 6) is -1.21. The molecule has 6 nitrogen and oxygen atoms in total. The zero-order chi connectivity index (χ0) is 23.1. The molecule has 0 spiro atoms. The molecule has 31 heavy (non-hydrogen) atoms. The number of benzene rings is 1. The van der Waals surface area contributed by atoms with E-state index in [9.17, 15) is 27.6 Å². The number of amides is 3. The van der Waals surface area contributed by atoms with Gasteiger partial charge in [-0.25, -0.2) is 4.79 Å². The molecule has 1 unspecified atom stereocenters. The first-order chi connectivity index (χ1) is 14.4. The van der Waals surface area contributed by atoms with Crippen LogP contribution < -0.4 is 5.32 Å². The molecule has 2 heterocycles. The number of nitrogens with zero attached hydrogens (tertiary/aromatic N) is 2. The van der Waals surface area contributed by atoms with Gasteiger partial charge in [0.2, 0.25) is 0 Å². The first-order valence-corrected chi connectivity index (χ1v) is 9.94. The van der Waals surface area contributed by atoms with Crippen LogP contribution in [-0.2, 0) is 16.9 Å². The number of ketones is 1. The molecule has 3 amide bonds. The average molecular weight is 456 g/mol. The van der Waals surface area contributed by atoms with Crippen LogP contribution >= 0.6 is 11.6 Å². The quantitative estimate of drug-likeness (QED) is 0.519. The maximum absolute atomic E-state index is 13.2. The van der Waals surface area contributed by atoms with Gasteiger partial charge in [0.15, 0.2) is 5.78 Å². The molecule has 0 bridgehead atoms. The molecule has 1 N–H and O–H groups in total. The lowest BCUT2D eigenvalue weighted by Gasteiger charge is -2.25. The van der Waals surface area contributed by atoms with E-state index in [2.05, 4.69) is 5.32 Å². The number of urea groups is 1. The second kappa shape index (κ2) is 8.03. The molecule has 0 radical (unpaired) electrons. The maximum atomic E-state index is 13.2. The van der Waals surface area contributed by atoms with E-state index in [1.165, 1.54) is 19.9 Å². The van der Waals surface area contributed by atoms with E-state index in [4.69, 9.17) is 11.6 Å². The van der Waals surface area contributed by atoms with Gasteiger partial charge in [-0.1, -0.05) is 30.7 Å². The molecule has 1 aromatic carbocycles. The summed E-state index contributed by atoms with van der Waals surface area (Å²) in [6.45, 7) is 2.80. The van der Waals surface area contributed by atoms with E-state index < -0.39 is 42.5 Å². The number of hydrogen-bond donors (Lipinski definition) is 1. The molecule has 1 aliphatic rings. The van der Waals surface area contributed by atoms with Crippen molar-refractivity contribution in [1.29, 1.82) is 0 Å². The third-order valence-electron chi connectivity index (χ3n) is 5.56. The van der Waals surface area contributed by atoms with Gasteiger partial charge in [-0.3, -0.25) is 14.5 Å². The number of halogens is 4. The van der Waals surface area contributed by atoms with Gasteiger partial charge < -0.3 is 9.88 Å². The first kappa shape index (κ1) is 22.9. The number of carbonyl (C=O) groups excluding carboxylic acids is 3. The molecule has 166 valence electrons. The third kappa shape index (κ3) is 4.19. The van der Waals surface area contributed by atoms with E-state index in [1.54, 1.807) is 31.2 Å². The molecule has 1 fully saturated rings. The van der Waals surface area contributed by atoms with Gasteiger partial charge in [0.1, 0.15) is 12.1 Å². The number of carbonyl (C=O) groups is 3. The zero-order valence-electron chi connectivity index (χ0n) is 17.1. The summed E-state index contributed by atoms with van der Waals surface area (Å²) in [5, 5.41) is 3.13. The van der Waals surface area contributed by atoms with E-state index in [0.29, 0.717) is 10.6 Å². The number of hydrogen-bond acceptors (Lipinski definition) is 3. The molecule has 3 rings (SSSR count). The van der Waals surface area contributed by atoms with Crippen molar-refractivity contribution in [2.75, 3.05) is 6.54 Å². The number of aromatic nitrogens is 1. The average Bonchev–Trinajstić information content (AvgIpc) is 3.10. The van der Waals surface area contributed by atoms with Gasteiger partial charge in [-0.15, -0.1) is 0 Å². The monoisotopic (exact) mass is 455 g/mol. The lowest BCUT2D eigenvalue weighted by atomic mass is 9.87. The minimum atomic E-state index is -4.45. The molecule has 1 atom stereocenters. The molecule has 2 aromatic rings. The van der Waals surface area contributed by atoms with Gasteiger partial charge in [0, 0.05) is 22.0 Å². The highest BCUT2D eigenvalue weighted by atomic mass is 35.5. The Labute approximate surface area is 182 Å². The van der Waals surface area contributed by atoms with Crippen LogP contribution in [-0.4, -0.2) is 39.9 Å². The SMILES string of the molecule is CCC1(c2ccc(Cl)cc2)NC(=O)N(CC(=O)c2cc(C)n(CC(F)(F)F)c2C)C1=O. The molecule has 1 aliphatic heterocycles. The predicted molar refractivity (Wildman–Crippen MR) is 108 cm³/mol. The standard InChI is InChI=1S/C21H21ClF3N3O3/c1-4-20(14-5-7-15(22)8-6-14)18(30)27(19(31)26-20)10-17(29)16-9-12(2)28(13(16)3)11-21(23,24)25/h5-9H,4,10-11H2,1-3H3,(H,26,31). The van der Waals surface area contributed by atoms with Crippen LogP contribution in [0.3, 0.4) is 0 Å². The highest BCUT2D eigenvalue weighted by molar-refractivity contribution is 6.30. The topological polar surface area (TPSA) is 71.4 Å². The minimum Gasteiger partial charge on any atom is -0.339 e. The van der Waals surface area contributed by atoms with Crippen LogP contribution in [0.25, 0.3) is 0 Å². The van der Waals surface area contributed by atoms with Gasteiger partial charge >= 0.3 is 12.2 Å². The van der Waals surface area contributed by atoms with Crippen LogP contribution in [0.4, 0.5) is 18.0 Å². The Balaban J connectivity index is 1.87. The summed E-state index contributed by atoms with van der Waals surface area (Å²) in [4.78, 5) is 39.4. The fourth-order valence-corrected chi connectivity index (χ4v) is 4.00. The van der Waals surface area contributed by atoms with E-state index in [-0.39, 0.29) is 23.4 Å². The number of rotatable bonds is 6. The van der Waals surface area contributed by atoms with Gasteiger partial charge in [0.25, 0.3) is 5.91 Å². The third-order valence-corrected chi connectivity index (χ3v) is 5.81. The Morgan fingerprint density at radius 2 is 1.77 bits per heavy atom.